The fourth-order valence-corrected chi connectivity index (χ4v) is 0.591. The van der Waals surface area contributed by atoms with Crippen LogP contribution in [-0.4, -0.2) is 17.0 Å². The van der Waals surface area contributed by atoms with Gasteiger partial charge in [0.25, 0.3) is 0 Å². The summed E-state index contributed by atoms with van der Waals surface area (Å²) in [4.78, 5) is 21.2. The molecule has 0 fully saturated rings. The first kappa shape index (κ1) is 17.3. The molecule has 0 N–H and O–H groups in total. The maximum Gasteiger partial charge on any atom is 0.231 e. The summed E-state index contributed by atoms with van der Waals surface area (Å²) in [6.45, 7) is 18.3. The van der Waals surface area contributed by atoms with Gasteiger partial charge in [-0.1, -0.05) is 19.1 Å². The highest BCUT2D eigenvalue weighted by atomic mass is 17.3. The lowest BCUT2D eigenvalue weighted by Crippen LogP contribution is -2.38. The minimum Gasteiger partial charge on any atom is -0.223 e. The smallest absolute Gasteiger partial charge is 0.223 e. The van der Waals surface area contributed by atoms with Gasteiger partial charge in [-0.25, -0.2) is 9.78 Å². The molecule has 0 rings (SSSR count). The summed E-state index contributed by atoms with van der Waals surface area (Å²) in [7, 11) is 0. The van der Waals surface area contributed by atoms with E-state index in [0.717, 1.165) is 0 Å². The summed E-state index contributed by atoms with van der Waals surface area (Å²) < 4.78 is 0. The average molecular weight is 258 g/mol. The molecule has 0 heterocycles. The molecule has 0 spiro atoms. The standard InChI is InChI=1S/C14H26O4/c1-9-12(4,5)15-17-14(8,11-3)18-16-13(6,7)10-2/h9-10H,1-2,11H2,3-8H3. The quantitative estimate of drug-likeness (QED) is 0.272. The van der Waals surface area contributed by atoms with Crippen LogP contribution in [0.3, 0.4) is 0 Å². The number of rotatable bonds is 9. The zero-order valence-electron chi connectivity index (χ0n) is 12.4. The van der Waals surface area contributed by atoms with E-state index in [4.69, 9.17) is 19.6 Å². The lowest BCUT2D eigenvalue weighted by atomic mass is 10.1. The molecule has 106 valence electrons. The van der Waals surface area contributed by atoms with Crippen LogP contribution in [0.4, 0.5) is 0 Å². The molecule has 4 nitrogen and oxygen atoms in total. The highest BCUT2D eigenvalue weighted by molar-refractivity contribution is 4.89. The van der Waals surface area contributed by atoms with Gasteiger partial charge in [-0.15, -0.1) is 13.2 Å². The second kappa shape index (κ2) is 6.48. The summed E-state index contributed by atoms with van der Waals surface area (Å²) in [6.07, 6.45) is 3.86. The van der Waals surface area contributed by atoms with Gasteiger partial charge in [0.15, 0.2) is 0 Å². The second-order valence-corrected chi connectivity index (χ2v) is 5.44. The monoisotopic (exact) mass is 258 g/mol. The van der Waals surface area contributed by atoms with Crippen LogP contribution in [-0.2, 0) is 19.6 Å². The average Bonchev–Trinajstić information content (AvgIpc) is 2.34. The molecular formula is C14H26O4. The molecule has 0 aliphatic rings. The first-order valence-corrected chi connectivity index (χ1v) is 6.10. The fourth-order valence-electron chi connectivity index (χ4n) is 0.591. The molecule has 0 atom stereocenters. The van der Waals surface area contributed by atoms with Crippen molar-refractivity contribution in [2.24, 2.45) is 0 Å². The molecule has 0 radical (unpaired) electrons. The third-order valence-electron chi connectivity index (χ3n) is 2.49. The zero-order valence-corrected chi connectivity index (χ0v) is 12.4. The maximum absolute atomic E-state index is 5.32. The van der Waals surface area contributed by atoms with E-state index in [2.05, 4.69) is 13.2 Å². The van der Waals surface area contributed by atoms with E-state index in [1.54, 1.807) is 19.1 Å². The van der Waals surface area contributed by atoms with Crippen molar-refractivity contribution < 1.29 is 19.6 Å². The Balaban J connectivity index is 4.44. The second-order valence-electron chi connectivity index (χ2n) is 5.44. The number of hydrogen-bond acceptors (Lipinski definition) is 4. The van der Waals surface area contributed by atoms with Crippen molar-refractivity contribution in [1.29, 1.82) is 0 Å². The Morgan fingerprint density at radius 2 is 1.11 bits per heavy atom. The van der Waals surface area contributed by atoms with Gasteiger partial charge in [0, 0.05) is 6.42 Å². The van der Waals surface area contributed by atoms with E-state index in [9.17, 15) is 0 Å². The van der Waals surface area contributed by atoms with Gasteiger partial charge in [-0.3, -0.25) is 0 Å². The SMILES string of the molecule is C=CC(C)(C)OOC(C)(CC)OOC(C)(C)C=C. The van der Waals surface area contributed by atoms with Crippen LogP contribution >= 0.6 is 0 Å². The van der Waals surface area contributed by atoms with E-state index >= 15 is 0 Å². The number of hydrogen-bond donors (Lipinski definition) is 0. The fraction of sp³-hybridized carbons (Fsp3) is 0.714. The van der Waals surface area contributed by atoms with Crippen LogP contribution in [0.1, 0.15) is 48.0 Å². The predicted octanol–water partition coefficient (Wildman–Crippen LogP) is 3.94. The van der Waals surface area contributed by atoms with Crippen molar-refractivity contribution in [3.63, 3.8) is 0 Å². The van der Waals surface area contributed by atoms with Gasteiger partial charge in [0.05, 0.1) is 0 Å². The molecule has 0 saturated heterocycles. The summed E-state index contributed by atoms with van der Waals surface area (Å²) in [6, 6.07) is 0. The molecule has 0 aromatic carbocycles. The molecule has 0 amide bonds. The van der Waals surface area contributed by atoms with E-state index in [0.29, 0.717) is 6.42 Å². The highest BCUT2D eigenvalue weighted by Crippen LogP contribution is 2.24. The maximum atomic E-state index is 5.32. The van der Waals surface area contributed by atoms with Crippen LogP contribution in [0.2, 0.25) is 0 Å². The molecule has 0 bridgehead atoms. The van der Waals surface area contributed by atoms with Gasteiger partial charge in [0.2, 0.25) is 5.79 Å². The van der Waals surface area contributed by atoms with Gasteiger partial charge in [0.1, 0.15) is 11.2 Å². The van der Waals surface area contributed by atoms with Gasteiger partial charge < -0.3 is 0 Å². The highest BCUT2D eigenvalue weighted by Gasteiger charge is 2.32. The predicted molar refractivity (Wildman–Crippen MR) is 71.6 cm³/mol. The Kier molecular flexibility index (Phi) is 6.23. The first-order valence-electron chi connectivity index (χ1n) is 6.10. The van der Waals surface area contributed by atoms with Gasteiger partial charge in [-0.05, 0) is 34.6 Å². The molecule has 18 heavy (non-hydrogen) atoms. The van der Waals surface area contributed by atoms with Crippen LogP contribution in [0, 0.1) is 0 Å². The van der Waals surface area contributed by atoms with Crippen LogP contribution in [0.15, 0.2) is 25.3 Å². The Morgan fingerprint density at radius 3 is 1.33 bits per heavy atom. The lowest BCUT2D eigenvalue weighted by Gasteiger charge is -2.32. The van der Waals surface area contributed by atoms with E-state index in [1.807, 2.05) is 34.6 Å². The Labute approximate surface area is 110 Å². The van der Waals surface area contributed by atoms with E-state index in [-0.39, 0.29) is 0 Å². The van der Waals surface area contributed by atoms with Crippen LogP contribution in [0.25, 0.3) is 0 Å². The van der Waals surface area contributed by atoms with Gasteiger partial charge in [-0.2, -0.15) is 9.78 Å². The Bertz CT molecular complexity index is 258. The van der Waals surface area contributed by atoms with Crippen LogP contribution < -0.4 is 0 Å². The zero-order chi connectivity index (χ0) is 14.4. The molecule has 0 aliphatic carbocycles. The molecule has 0 saturated carbocycles. The third kappa shape index (κ3) is 6.31. The van der Waals surface area contributed by atoms with Crippen molar-refractivity contribution in [3.8, 4) is 0 Å². The summed E-state index contributed by atoms with van der Waals surface area (Å²) in [5.74, 6) is -0.986. The van der Waals surface area contributed by atoms with Crippen molar-refractivity contribution in [2.75, 3.05) is 0 Å². The van der Waals surface area contributed by atoms with Crippen molar-refractivity contribution >= 4 is 0 Å². The van der Waals surface area contributed by atoms with Crippen LogP contribution in [0.5, 0.6) is 0 Å². The lowest BCUT2D eigenvalue weighted by molar-refractivity contribution is -0.532. The minimum absolute atomic E-state index is 0.563. The molecule has 0 aromatic heterocycles. The van der Waals surface area contributed by atoms with Gasteiger partial charge >= 0.3 is 0 Å². The molecule has 4 heteroatoms. The summed E-state index contributed by atoms with van der Waals surface area (Å²) in [5, 5.41) is 0. The summed E-state index contributed by atoms with van der Waals surface area (Å²) >= 11 is 0. The van der Waals surface area contributed by atoms with E-state index in [1.165, 1.54) is 0 Å². The minimum atomic E-state index is -0.986. The first-order chi connectivity index (χ1) is 8.10. The molecule has 0 unspecified atom stereocenters. The van der Waals surface area contributed by atoms with E-state index < -0.39 is 17.0 Å². The molecule has 0 aliphatic heterocycles. The topological polar surface area (TPSA) is 36.9 Å². The molecule has 0 aromatic rings. The van der Waals surface area contributed by atoms with Crippen molar-refractivity contribution in [3.05, 3.63) is 25.3 Å². The van der Waals surface area contributed by atoms with Crippen molar-refractivity contribution in [1.82, 2.24) is 0 Å². The largest absolute Gasteiger partial charge is 0.231 e. The normalized spacial score (nSPS) is 13.4. The van der Waals surface area contributed by atoms with Crippen molar-refractivity contribution in [2.45, 2.75) is 65.0 Å². The Hall–Kier alpha value is -0.680. The Morgan fingerprint density at radius 1 is 0.778 bits per heavy atom. The molecular weight excluding hydrogens is 232 g/mol. The third-order valence-corrected chi connectivity index (χ3v) is 2.49. The summed E-state index contributed by atoms with van der Waals surface area (Å²) in [5.41, 5.74) is -1.18.